The van der Waals surface area contributed by atoms with Gasteiger partial charge < -0.3 is 10.2 Å². The molecule has 138 valence electrons. The highest BCUT2D eigenvalue weighted by atomic mass is 16.1. The number of likely N-dealkylation sites (tertiary alicyclic amines) is 1. The third kappa shape index (κ3) is 4.54. The number of hydrogen-bond acceptors (Lipinski definition) is 6. The molecule has 2 aromatic heterocycles. The molecule has 7 nitrogen and oxygen atoms in total. The lowest BCUT2D eigenvalue weighted by atomic mass is 10.0. The fraction of sp³-hybridized carbons (Fsp3) is 0.474. The number of hydrogen-bond donors (Lipinski definition) is 1. The van der Waals surface area contributed by atoms with Gasteiger partial charge in [0.1, 0.15) is 0 Å². The lowest BCUT2D eigenvalue weighted by Gasteiger charge is -2.33. The second-order valence-electron chi connectivity index (χ2n) is 6.97. The number of aromatic nitrogens is 3. The van der Waals surface area contributed by atoms with Crippen LogP contribution in [0.1, 0.15) is 34.5 Å². The topological polar surface area (TPSA) is 74.2 Å². The van der Waals surface area contributed by atoms with E-state index in [1.165, 1.54) is 5.56 Å². The minimum atomic E-state index is -0.0963. The molecule has 0 aliphatic carbocycles. The average Bonchev–Trinajstić information content (AvgIpc) is 2.62. The number of carbonyl (C=O) groups is 1. The average molecular weight is 354 g/mol. The second-order valence-corrected chi connectivity index (χ2v) is 6.97. The summed E-state index contributed by atoms with van der Waals surface area (Å²) in [6.07, 6.45) is 7.36. The summed E-state index contributed by atoms with van der Waals surface area (Å²) in [5.41, 5.74) is 2.44. The quantitative estimate of drug-likeness (QED) is 0.880. The Labute approximate surface area is 154 Å². The summed E-state index contributed by atoms with van der Waals surface area (Å²) >= 11 is 0. The monoisotopic (exact) mass is 354 g/mol. The SMILES string of the molecule is Cc1nc(N(C)C)ncc1C(=O)N[C@H]1CCCN(Cc2cccnc2)C1. The number of amides is 1. The van der Waals surface area contributed by atoms with Gasteiger partial charge in [-0.25, -0.2) is 9.97 Å². The lowest BCUT2D eigenvalue weighted by Crippen LogP contribution is -2.47. The molecule has 3 rings (SSSR count). The summed E-state index contributed by atoms with van der Waals surface area (Å²) in [5, 5.41) is 3.15. The minimum Gasteiger partial charge on any atom is -0.348 e. The zero-order valence-electron chi connectivity index (χ0n) is 15.6. The van der Waals surface area contributed by atoms with Crippen molar-refractivity contribution in [3.8, 4) is 0 Å². The first-order chi connectivity index (χ1) is 12.5. The molecule has 0 aromatic carbocycles. The maximum atomic E-state index is 12.6. The van der Waals surface area contributed by atoms with Crippen molar-refractivity contribution >= 4 is 11.9 Å². The van der Waals surface area contributed by atoms with Crippen LogP contribution in [0.3, 0.4) is 0 Å². The largest absolute Gasteiger partial charge is 0.348 e. The molecule has 1 fully saturated rings. The van der Waals surface area contributed by atoms with Crippen LogP contribution in [0.2, 0.25) is 0 Å². The number of aryl methyl sites for hydroxylation is 1. The van der Waals surface area contributed by atoms with Crippen molar-refractivity contribution in [1.29, 1.82) is 0 Å². The van der Waals surface area contributed by atoms with Crippen molar-refractivity contribution in [1.82, 2.24) is 25.2 Å². The summed E-state index contributed by atoms with van der Waals surface area (Å²) in [5.74, 6) is 0.514. The Morgan fingerprint density at radius 3 is 2.92 bits per heavy atom. The predicted molar refractivity (Wildman–Crippen MR) is 101 cm³/mol. The lowest BCUT2D eigenvalue weighted by molar-refractivity contribution is 0.0899. The Kier molecular flexibility index (Phi) is 5.78. The third-order valence-corrected chi connectivity index (χ3v) is 4.58. The Hall–Kier alpha value is -2.54. The number of rotatable bonds is 5. The van der Waals surface area contributed by atoms with Gasteiger partial charge in [0.05, 0.1) is 11.3 Å². The smallest absolute Gasteiger partial charge is 0.254 e. The molecule has 1 aliphatic heterocycles. The molecule has 1 aliphatic rings. The van der Waals surface area contributed by atoms with Crippen molar-refractivity contribution in [3.05, 3.63) is 47.5 Å². The number of nitrogens with zero attached hydrogens (tertiary/aromatic N) is 5. The van der Waals surface area contributed by atoms with Crippen LogP contribution in [-0.4, -0.2) is 59.0 Å². The maximum Gasteiger partial charge on any atom is 0.254 e. The van der Waals surface area contributed by atoms with Crippen LogP contribution in [-0.2, 0) is 6.54 Å². The van der Waals surface area contributed by atoms with Gasteiger partial charge >= 0.3 is 0 Å². The van der Waals surface area contributed by atoms with Crippen molar-refractivity contribution in [2.75, 3.05) is 32.1 Å². The van der Waals surface area contributed by atoms with Crippen LogP contribution in [0, 0.1) is 6.92 Å². The van der Waals surface area contributed by atoms with Crippen LogP contribution >= 0.6 is 0 Å². The van der Waals surface area contributed by atoms with Gasteiger partial charge in [0.25, 0.3) is 5.91 Å². The minimum absolute atomic E-state index is 0.0963. The summed E-state index contributed by atoms with van der Waals surface area (Å²) in [4.78, 5) is 29.7. The summed E-state index contributed by atoms with van der Waals surface area (Å²) in [6.45, 7) is 4.59. The standard InChI is InChI=1S/C19H26N6O/c1-14-17(11-21-19(22-14)24(2)3)18(26)23-16-7-5-9-25(13-16)12-15-6-4-8-20-10-15/h4,6,8,10-11,16H,5,7,9,12-13H2,1-3H3,(H,23,26)/t16-/m0/s1. The Bertz CT molecular complexity index is 749. The van der Waals surface area contributed by atoms with Gasteiger partial charge in [-0.15, -0.1) is 0 Å². The molecule has 7 heteroatoms. The second kappa shape index (κ2) is 8.23. The highest BCUT2D eigenvalue weighted by Gasteiger charge is 2.23. The van der Waals surface area contributed by atoms with Crippen molar-refractivity contribution < 1.29 is 4.79 Å². The number of pyridine rings is 1. The van der Waals surface area contributed by atoms with Gasteiger partial charge in [-0.2, -0.15) is 0 Å². The number of nitrogens with one attached hydrogen (secondary N) is 1. The van der Waals surface area contributed by atoms with E-state index in [2.05, 4.69) is 31.2 Å². The van der Waals surface area contributed by atoms with E-state index in [9.17, 15) is 4.79 Å². The van der Waals surface area contributed by atoms with Crippen LogP contribution in [0.15, 0.2) is 30.7 Å². The molecule has 26 heavy (non-hydrogen) atoms. The third-order valence-electron chi connectivity index (χ3n) is 4.58. The molecule has 1 N–H and O–H groups in total. The van der Waals surface area contributed by atoms with E-state index in [1.54, 1.807) is 12.4 Å². The van der Waals surface area contributed by atoms with Crippen molar-refractivity contribution in [2.24, 2.45) is 0 Å². The van der Waals surface area contributed by atoms with Crippen LogP contribution in [0.5, 0.6) is 0 Å². The van der Waals surface area contributed by atoms with Gasteiger partial charge in [-0.05, 0) is 37.9 Å². The van der Waals surface area contributed by atoms with E-state index in [0.29, 0.717) is 17.2 Å². The highest BCUT2D eigenvalue weighted by molar-refractivity contribution is 5.95. The molecule has 1 saturated heterocycles. The van der Waals surface area contributed by atoms with Gasteiger partial charge in [0, 0.05) is 51.8 Å². The molecule has 1 atom stereocenters. The van der Waals surface area contributed by atoms with E-state index in [4.69, 9.17) is 0 Å². The van der Waals surface area contributed by atoms with E-state index in [1.807, 2.05) is 38.2 Å². The van der Waals surface area contributed by atoms with Crippen LogP contribution < -0.4 is 10.2 Å². The van der Waals surface area contributed by atoms with Crippen molar-refractivity contribution in [3.63, 3.8) is 0 Å². The predicted octanol–water partition coefficient (Wildman–Crippen LogP) is 1.64. The van der Waals surface area contributed by atoms with Crippen LogP contribution in [0.4, 0.5) is 5.95 Å². The zero-order chi connectivity index (χ0) is 18.5. The molecule has 3 heterocycles. The first-order valence-corrected chi connectivity index (χ1v) is 8.96. The molecule has 0 saturated carbocycles. The molecule has 0 radical (unpaired) electrons. The summed E-state index contributed by atoms with van der Waals surface area (Å²) < 4.78 is 0. The van der Waals surface area contributed by atoms with Crippen molar-refractivity contribution in [2.45, 2.75) is 32.4 Å². The van der Waals surface area contributed by atoms with Crippen LogP contribution in [0.25, 0.3) is 0 Å². The van der Waals surface area contributed by atoms with Gasteiger partial charge in [-0.1, -0.05) is 6.07 Å². The Balaban J connectivity index is 1.60. The molecule has 0 bridgehead atoms. The van der Waals surface area contributed by atoms with E-state index >= 15 is 0 Å². The molecular formula is C19H26N6O. The Morgan fingerprint density at radius 2 is 2.23 bits per heavy atom. The highest BCUT2D eigenvalue weighted by Crippen LogP contribution is 2.15. The fourth-order valence-corrected chi connectivity index (χ4v) is 3.22. The first kappa shape index (κ1) is 18.3. The van der Waals surface area contributed by atoms with E-state index < -0.39 is 0 Å². The fourth-order valence-electron chi connectivity index (χ4n) is 3.22. The summed E-state index contributed by atoms with van der Waals surface area (Å²) in [6, 6.07) is 4.18. The molecule has 0 spiro atoms. The molecule has 1 amide bonds. The number of piperidine rings is 1. The summed E-state index contributed by atoms with van der Waals surface area (Å²) in [7, 11) is 3.76. The Morgan fingerprint density at radius 1 is 1.38 bits per heavy atom. The molecular weight excluding hydrogens is 328 g/mol. The normalized spacial score (nSPS) is 17.7. The molecule has 0 unspecified atom stereocenters. The van der Waals surface area contributed by atoms with E-state index in [0.717, 1.165) is 32.5 Å². The van der Waals surface area contributed by atoms with Gasteiger partial charge in [0.2, 0.25) is 5.95 Å². The van der Waals surface area contributed by atoms with Gasteiger partial charge in [0.15, 0.2) is 0 Å². The number of anilines is 1. The number of carbonyl (C=O) groups excluding carboxylic acids is 1. The zero-order valence-corrected chi connectivity index (χ0v) is 15.6. The van der Waals surface area contributed by atoms with E-state index in [-0.39, 0.29) is 11.9 Å². The maximum absolute atomic E-state index is 12.6. The first-order valence-electron chi connectivity index (χ1n) is 8.96. The molecule has 2 aromatic rings. The van der Waals surface area contributed by atoms with Gasteiger partial charge in [-0.3, -0.25) is 14.7 Å².